The fourth-order valence-corrected chi connectivity index (χ4v) is 2.52. The van der Waals surface area contributed by atoms with Crippen molar-refractivity contribution in [3.63, 3.8) is 0 Å². The predicted octanol–water partition coefficient (Wildman–Crippen LogP) is 2.19. The Labute approximate surface area is 145 Å². The zero-order chi connectivity index (χ0) is 18.2. The van der Waals surface area contributed by atoms with Gasteiger partial charge in [-0.3, -0.25) is 4.79 Å². The van der Waals surface area contributed by atoms with Gasteiger partial charge in [0.2, 0.25) is 11.9 Å². The van der Waals surface area contributed by atoms with Crippen LogP contribution in [0.15, 0.2) is 60.7 Å². The topological polar surface area (TPSA) is 94.9 Å². The van der Waals surface area contributed by atoms with E-state index in [1.807, 2.05) is 30.3 Å². The van der Waals surface area contributed by atoms with Crippen LogP contribution in [0.2, 0.25) is 0 Å². The van der Waals surface area contributed by atoms with Gasteiger partial charge in [-0.1, -0.05) is 60.7 Å². The first-order chi connectivity index (χ1) is 12.0. The third-order valence-corrected chi connectivity index (χ3v) is 3.77. The molecule has 0 aliphatic rings. The maximum atomic E-state index is 12.6. The van der Waals surface area contributed by atoms with Crippen molar-refractivity contribution in [3.8, 4) is 0 Å². The molecule has 0 saturated carbocycles. The maximum Gasteiger partial charge on any atom is 0.338 e. The summed E-state index contributed by atoms with van der Waals surface area (Å²) < 4.78 is 0. The van der Waals surface area contributed by atoms with Gasteiger partial charge >= 0.3 is 11.9 Å². The van der Waals surface area contributed by atoms with E-state index in [4.69, 9.17) is 0 Å². The molecule has 0 aromatic heterocycles. The number of amides is 1. The number of carboxylic acid groups (broad SMARTS) is 2. The fraction of sp³-hybridized carbons (Fsp3) is 0.211. The molecule has 6 nitrogen and oxygen atoms in total. The average molecular weight is 341 g/mol. The van der Waals surface area contributed by atoms with Gasteiger partial charge in [0, 0.05) is 13.0 Å². The summed E-state index contributed by atoms with van der Waals surface area (Å²) in [5, 5.41) is 18.5. The highest BCUT2D eigenvalue weighted by atomic mass is 16.4. The van der Waals surface area contributed by atoms with Crippen LogP contribution in [0.25, 0.3) is 0 Å². The SMILES string of the molecule is O=C(O)C(C(=O)O)N(Cc1ccccc1)C(=O)CCc1ccccc1. The standard InChI is InChI=1S/C19H19NO5/c21-16(12-11-14-7-3-1-4-8-14)20(17(18(22)23)19(24)25)13-15-9-5-2-6-10-15/h1-10,17H,11-13H2,(H,22,23)(H,24,25). The Balaban J connectivity index is 2.18. The molecular formula is C19H19NO5. The molecule has 0 heterocycles. The van der Waals surface area contributed by atoms with E-state index in [-0.39, 0.29) is 13.0 Å². The number of hydrogen-bond donors (Lipinski definition) is 2. The van der Waals surface area contributed by atoms with Crippen LogP contribution in [0.5, 0.6) is 0 Å². The minimum Gasteiger partial charge on any atom is -0.479 e. The van der Waals surface area contributed by atoms with Crippen molar-refractivity contribution in [2.24, 2.45) is 0 Å². The van der Waals surface area contributed by atoms with Crippen LogP contribution >= 0.6 is 0 Å². The van der Waals surface area contributed by atoms with Gasteiger partial charge in [0.25, 0.3) is 0 Å². The average Bonchev–Trinajstić information content (AvgIpc) is 2.60. The summed E-state index contributed by atoms with van der Waals surface area (Å²) in [5.74, 6) is -3.63. The highest BCUT2D eigenvalue weighted by molar-refractivity contribution is 6.00. The Kier molecular flexibility index (Phi) is 6.28. The number of rotatable bonds is 8. The molecule has 0 fully saturated rings. The van der Waals surface area contributed by atoms with Crippen LogP contribution < -0.4 is 0 Å². The van der Waals surface area contributed by atoms with E-state index in [1.54, 1.807) is 30.3 Å². The number of carboxylic acids is 2. The van der Waals surface area contributed by atoms with Crippen molar-refractivity contribution in [1.82, 2.24) is 4.90 Å². The number of hydrogen-bond acceptors (Lipinski definition) is 3. The lowest BCUT2D eigenvalue weighted by molar-refractivity contribution is -0.162. The van der Waals surface area contributed by atoms with Crippen LogP contribution in [0.3, 0.4) is 0 Å². The molecular weight excluding hydrogens is 322 g/mol. The Morgan fingerprint density at radius 3 is 1.76 bits per heavy atom. The quantitative estimate of drug-likeness (QED) is 0.718. The van der Waals surface area contributed by atoms with Crippen molar-refractivity contribution in [2.45, 2.75) is 25.4 Å². The Hall–Kier alpha value is -3.15. The Morgan fingerprint density at radius 1 is 0.800 bits per heavy atom. The summed E-state index contributed by atoms with van der Waals surface area (Å²) in [7, 11) is 0. The largest absolute Gasteiger partial charge is 0.479 e. The van der Waals surface area contributed by atoms with E-state index >= 15 is 0 Å². The second-order valence-electron chi connectivity index (χ2n) is 5.57. The molecule has 0 atom stereocenters. The lowest BCUT2D eigenvalue weighted by Crippen LogP contribution is -2.49. The minimum absolute atomic E-state index is 0.0356. The van der Waals surface area contributed by atoms with E-state index in [0.29, 0.717) is 12.0 Å². The lowest BCUT2D eigenvalue weighted by Gasteiger charge is -2.26. The summed E-state index contributed by atoms with van der Waals surface area (Å²) in [6.45, 7) is -0.0717. The van der Waals surface area contributed by atoms with E-state index in [9.17, 15) is 24.6 Å². The first kappa shape index (κ1) is 18.2. The minimum atomic E-state index is -1.91. The molecule has 6 heteroatoms. The molecule has 2 aromatic carbocycles. The number of carbonyl (C=O) groups is 3. The second-order valence-corrected chi connectivity index (χ2v) is 5.57. The van der Waals surface area contributed by atoms with Gasteiger partial charge in [-0.25, -0.2) is 9.59 Å². The van der Waals surface area contributed by atoms with Gasteiger partial charge in [-0.15, -0.1) is 0 Å². The zero-order valence-electron chi connectivity index (χ0n) is 13.5. The molecule has 0 radical (unpaired) electrons. The summed E-state index contributed by atoms with van der Waals surface area (Å²) in [5.41, 5.74) is 1.60. The van der Waals surface area contributed by atoms with Gasteiger partial charge in [0.1, 0.15) is 0 Å². The summed E-state index contributed by atoms with van der Waals surface area (Å²) in [4.78, 5) is 36.2. The maximum absolute atomic E-state index is 12.6. The van der Waals surface area contributed by atoms with Gasteiger partial charge in [0.05, 0.1) is 0 Å². The number of nitrogens with zero attached hydrogens (tertiary/aromatic N) is 1. The molecule has 2 rings (SSSR count). The normalized spacial score (nSPS) is 10.4. The summed E-state index contributed by atoms with van der Waals surface area (Å²) in [6.07, 6.45) is 0.449. The Bertz CT molecular complexity index is 716. The van der Waals surface area contributed by atoms with E-state index < -0.39 is 23.9 Å². The molecule has 2 aromatic rings. The molecule has 0 aliphatic heterocycles. The van der Waals surface area contributed by atoms with Crippen LogP contribution in [0.4, 0.5) is 0 Å². The van der Waals surface area contributed by atoms with Gasteiger partial charge in [-0.2, -0.15) is 0 Å². The molecule has 0 unspecified atom stereocenters. The lowest BCUT2D eigenvalue weighted by atomic mass is 10.1. The summed E-state index contributed by atoms with van der Waals surface area (Å²) in [6, 6.07) is 16.1. The third kappa shape index (κ3) is 5.17. The van der Waals surface area contributed by atoms with Gasteiger partial charge < -0.3 is 15.1 Å². The molecule has 0 aliphatic carbocycles. The van der Waals surface area contributed by atoms with Crippen LogP contribution in [-0.4, -0.2) is 39.0 Å². The molecule has 0 bridgehead atoms. The fourth-order valence-electron chi connectivity index (χ4n) is 2.52. The molecule has 1 amide bonds. The van der Waals surface area contributed by atoms with Crippen LogP contribution in [-0.2, 0) is 27.3 Å². The molecule has 25 heavy (non-hydrogen) atoms. The Morgan fingerprint density at radius 2 is 1.28 bits per heavy atom. The second kappa shape index (κ2) is 8.63. The predicted molar refractivity (Wildman–Crippen MR) is 90.8 cm³/mol. The molecule has 0 spiro atoms. The van der Waals surface area contributed by atoms with Crippen molar-refractivity contribution < 1.29 is 24.6 Å². The first-order valence-electron chi connectivity index (χ1n) is 7.82. The zero-order valence-corrected chi connectivity index (χ0v) is 13.5. The smallest absolute Gasteiger partial charge is 0.338 e. The number of carbonyl (C=O) groups excluding carboxylic acids is 1. The molecule has 0 saturated heterocycles. The van der Waals surface area contributed by atoms with Crippen molar-refractivity contribution in [3.05, 3.63) is 71.8 Å². The number of aryl methyl sites for hydroxylation is 1. The number of aliphatic carboxylic acids is 2. The van der Waals surface area contributed by atoms with Gasteiger partial charge in [-0.05, 0) is 17.5 Å². The summed E-state index contributed by atoms with van der Waals surface area (Å²) >= 11 is 0. The monoisotopic (exact) mass is 341 g/mol. The van der Waals surface area contributed by atoms with Crippen molar-refractivity contribution in [1.29, 1.82) is 0 Å². The van der Waals surface area contributed by atoms with Crippen molar-refractivity contribution in [2.75, 3.05) is 0 Å². The van der Waals surface area contributed by atoms with Gasteiger partial charge in [0.15, 0.2) is 0 Å². The van der Waals surface area contributed by atoms with Crippen LogP contribution in [0, 0.1) is 0 Å². The van der Waals surface area contributed by atoms with E-state index in [1.165, 1.54) is 0 Å². The van der Waals surface area contributed by atoms with E-state index in [2.05, 4.69) is 0 Å². The molecule has 130 valence electrons. The highest BCUT2D eigenvalue weighted by Gasteiger charge is 2.35. The van der Waals surface area contributed by atoms with E-state index in [0.717, 1.165) is 10.5 Å². The third-order valence-electron chi connectivity index (χ3n) is 3.77. The highest BCUT2D eigenvalue weighted by Crippen LogP contribution is 2.13. The number of benzene rings is 2. The molecule has 2 N–H and O–H groups in total. The first-order valence-corrected chi connectivity index (χ1v) is 7.82. The van der Waals surface area contributed by atoms with Crippen LogP contribution in [0.1, 0.15) is 17.5 Å². The van der Waals surface area contributed by atoms with Crippen molar-refractivity contribution >= 4 is 17.8 Å².